The molecule has 0 bridgehead atoms. The molecule has 4 nitrogen and oxygen atoms in total. The Kier molecular flexibility index (Phi) is 5.08. The van der Waals surface area contributed by atoms with Crippen molar-refractivity contribution >= 4 is 18.6 Å². The summed E-state index contributed by atoms with van der Waals surface area (Å²) in [5.41, 5.74) is -0.685. The number of rotatable bonds is 4. The molecule has 1 aliphatic rings. The predicted molar refractivity (Wildman–Crippen MR) is 65.4 cm³/mol. The lowest BCUT2D eigenvalue weighted by Gasteiger charge is -2.40. The first-order valence-electron chi connectivity index (χ1n) is 5.76. The Morgan fingerprint density at radius 2 is 2.12 bits per heavy atom. The molecule has 94 valence electrons. The Bertz CT molecular complexity index is 237. The summed E-state index contributed by atoms with van der Waals surface area (Å²) in [7, 11) is 0. The van der Waals surface area contributed by atoms with Gasteiger partial charge in [-0.1, -0.05) is 0 Å². The average molecular weight is 247 g/mol. The van der Waals surface area contributed by atoms with Crippen LogP contribution in [0.25, 0.3) is 0 Å². The normalized spacial score (nSPS) is 22.8. The lowest BCUT2D eigenvalue weighted by molar-refractivity contribution is -0.161. The van der Waals surface area contributed by atoms with Gasteiger partial charge in [-0.05, 0) is 26.7 Å². The highest BCUT2D eigenvalue weighted by molar-refractivity contribution is 7.80. The van der Waals surface area contributed by atoms with Gasteiger partial charge in [0.2, 0.25) is 0 Å². The minimum absolute atomic E-state index is 0.124. The molecule has 16 heavy (non-hydrogen) atoms. The van der Waals surface area contributed by atoms with Crippen LogP contribution in [0.3, 0.4) is 0 Å². The molecular weight excluding hydrogens is 226 g/mol. The molecule has 1 atom stereocenters. The van der Waals surface area contributed by atoms with Crippen LogP contribution in [0.2, 0.25) is 0 Å². The van der Waals surface area contributed by atoms with Crippen molar-refractivity contribution in [2.45, 2.75) is 32.1 Å². The summed E-state index contributed by atoms with van der Waals surface area (Å²) in [4.78, 5) is 14.0. The molecule has 1 rings (SSSR count). The lowest BCUT2D eigenvalue weighted by atomic mass is 9.79. The van der Waals surface area contributed by atoms with Crippen molar-refractivity contribution in [3.63, 3.8) is 0 Å². The van der Waals surface area contributed by atoms with Crippen LogP contribution in [0, 0.1) is 5.41 Å². The maximum absolute atomic E-state index is 11.8. The standard InChI is InChI=1S/C11H21NO3S/c1-3-15-10(14)11(8-13)4-6-12(7-5-11)9(2)16/h9,13,16H,3-8H2,1-2H3. The highest BCUT2D eigenvalue weighted by Gasteiger charge is 2.42. The van der Waals surface area contributed by atoms with Crippen LogP contribution in [-0.4, -0.2) is 47.7 Å². The molecule has 5 heteroatoms. The van der Waals surface area contributed by atoms with Gasteiger partial charge in [0.25, 0.3) is 0 Å². The number of carbonyl (C=O) groups is 1. The maximum Gasteiger partial charge on any atom is 0.314 e. The van der Waals surface area contributed by atoms with Crippen LogP contribution >= 0.6 is 12.6 Å². The third-order valence-electron chi connectivity index (χ3n) is 3.29. The Hall–Kier alpha value is -0.260. The molecule has 1 N–H and O–H groups in total. The molecular formula is C11H21NO3S. The number of piperidine rings is 1. The zero-order chi connectivity index (χ0) is 12.2. The van der Waals surface area contributed by atoms with Crippen LogP contribution in [0.1, 0.15) is 26.7 Å². The minimum Gasteiger partial charge on any atom is -0.465 e. The maximum atomic E-state index is 11.8. The molecule has 0 spiro atoms. The van der Waals surface area contributed by atoms with E-state index in [-0.39, 0.29) is 18.0 Å². The Morgan fingerprint density at radius 1 is 1.56 bits per heavy atom. The van der Waals surface area contributed by atoms with Crippen LogP contribution in [0.5, 0.6) is 0 Å². The first-order valence-corrected chi connectivity index (χ1v) is 6.27. The van der Waals surface area contributed by atoms with Crippen molar-refractivity contribution in [3.05, 3.63) is 0 Å². The molecule has 1 saturated heterocycles. The number of carbonyl (C=O) groups excluding carboxylic acids is 1. The fourth-order valence-electron chi connectivity index (χ4n) is 2.04. The molecule has 0 aromatic rings. The van der Waals surface area contributed by atoms with Crippen LogP contribution < -0.4 is 0 Å². The number of thiol groups is 1. The Labute approximate surface area is 102 Å². The SMILES string of the molecule is CCOC(=O)C1(CO)CCN(C(C)S)CC1. The van der Waals surface area contributed by atoms with Gasteiger partial charge in [0.05, 0.1) is 18.6 Å². The van der Waals surface area contributed by atoms with Crippen molar-refractivity contribution in [2.75, 3.05) is 26.3 Å². The van der Waals surface area contributed by atoms with E-state index in [1.807, 2.05) is 6.92 Å². The molecule has 0 radical (unpaired) electrons. The van der Waals surface area contributed by atoms with Gasteiger partial charge in [0.1, 0.15) is 0 Å². The number of nitrogens with zero attached hydrogens (tertiary/aromatic N) is 1. The van der Waals surface area contributed by atoms with Crippen molar-refractivity contribution in [1.82, 2.24) is 4.90 Å². The topological polar surface area (TPSA) is 49.8 Å². The van der Waals surface area contributed by atoms with E-state index in [0.717, 1.165) is 13.1 Å². The second kappa shape index (κ2) is 5.89. The summed E-state index contributed by atoms with van der Waals surface area (Å²) < 4.78 is 5.03. The Morgan fingerprint density at radius 3 is 2.50 bits per heavy atom. The van der Waals surface area contributed by atoms with Gasteiger partial charge < -0.3 is 9.84 Å². The van der Waals surface area contributed by atoms with Crippen LogP contribution in [0.15, 0.2) is 0 Å². The van der Waals surface area contributed by atoms with E-state index in [2.05, 4.69) is 17.5 Å². The summed E-state index contributed by atoms with van der Waals surface area (Å²) in [6.45, 7) is 5.61. The Balaban J connectivity index is 2.61. The molecule has 1 aliphatic heterocycles. The van der Waals surface area contributed by atoms with Crippen molar-refractivity contribution < 1.29 is 14.6 Å². The monoisotopic (exact) mass is 247 g/mol. The number of hydrogen-bond acceptors (Lipinski definition) is 5. The minimum atomic E-state index is -0.685. The van der Waals surface area contributed by atoms with Gasteiger partial charge in [0, 0.05) is 18.5 Å². The van der Waals surface area contributed by atoms with E-state index < -0.39 is 5.41 Å². The second-order valence-corrected chi connectivity index (χ2v) is 5.07. The van der Waals surface area contributed by atoms with E-state index in [1.54, 1.807) is 6.92 Å². The van der Waals surface area contributed by atoms with Gasteiger partial charge in [-0.2, -0.15) is 12.6 Å². The van der Waals surface area contributed by atoms with Crippen molar-refractivity contribution in [3.8, 4) is 0 Å². The van der Waals surface area contributed by atoms with Crippen molar-refractivity contribution in [1.29, 1.82) is 0 Å². The van der Waals surface area contributed by atoms with Crippen LogP contribution in [-0.2, 0) is 9.53 Å². The first-order chi connectivity index (χ1) is 7.55. The van der Waals surface area contributed by atoms with Crippen LogP contribution in [0.4, 0.5) is 0 Å². The number of hydrogen-bond donors (Lipinski definition) is 2. The predicted octanol–water partition coefficient (Wildman–Crippen LogP) is 0.900. The van der Waals surface area contributed by atoms with E-state index in [0.29, 0.717) is 19.4 Å². The molecule has 0 aromatic carbocycles. The third-order valence-corrected chi connectivity index (χ3v) is 3.62. The second-order valence-electron chi connectivity index (χ2n) is 4.33. The largest absolute Gasteiger partial charge is 0.465 e. The molecule has 0 aliphatic carbocycles. The fourth-order valence-corrected chi connectivity index (χ4v) is 2.27. The summed E-state index contributed by atoms with van der Waals surface area (Å²) in [6.07, 6.45) is 1.29. The van der Waals surface area contributed by atoms with Gasteiger partial charge in [-0.3, -0.25) is 9.69 Å². The summed E-state index contributed by atoms with van der Waals surface area (Å²) in [6, 6.07) is 0. The lowest BCUT2D eigenvalue weighted by Crippen LogP contribution is -2.48. The van der Waals surface area contributed by atoms with Crippen molar-refractivity contribution in [2.24, 2.45) is 5.41 Å². The summed E-state index contributed by atoms with van der Waals surface area (Å²) in [5, 5.41) is 9.62. The summed E-state index contributed by atoms with van der Waals surface area (Å²) in [5.74, 6) is -0.260. The number of aliphatic hydroxyl groups excluding tert-OH is 1. The highest BCUT2D eigenvalue weighted by atomic mass is 32.1. The van der Waals surface area contributed by atoms with Gasteiger partial charge in [-0.25, -0.2) is 0 Å². The zero-order valence-electron chi connectivity index (χ0n) is 9.98. The third kappa shape index (κ3) is 2.90. The highest BCUT2D eigenvalue weighted by Crippen LogP contribution is 2.33. The molecule has 0 amide bonds. The number of likely N-dealkylation sites (tertiary alicyclic amines) is 1. The smallest absolute Gasteiger partial charge is 0.314 e. The quantitative estimate of drug-likeness (QED) is 0.572. The van der Waals surface area contributed by atoms with E-state index >= 15 is 0 Å². The van der Waals surface area contributed by atoms with Gasteiger partial charge >= 0.3 is 5.97 Å². The molecule has 1 heterocycles. The molecule has 0 aromatic heterocycles. The van der Waals surface area contributed by atoms with Gasteiger partial charge in [-0.15, -0.1) is 0 Å². The summed E-state index contributed by atoms with van der Waals surface area (Å²) >= 11 is 4.37. The molecule has 0 saturated carbocycles. The molecule has 1 fully saturated rings. The van der Waals surface area contributed by atoms with E-state index in [4.69, 9.17) is 4.74 Å². The first kappa shape index (κ1) is 13.8. The number of aliphatic hydroxyl groups is 1. The number of esters is 1. The van der Waals surface area contributed by atoms with E-state index in [9.17, 15) is 9.90 Å². The van der Waals surface area contributed by atoms with Gasteiger partial charge in [0.15, 0.2) is 0 Å². The molecule has 1 unspecified atom stereocenters. The number of ether oxygens (including phenoxy) is 1. The van der Waals surface area contributed by atoms with E-state index in [1.165, 1.54) is 0 Å². The zero-order valence-corrected chi connectivity index (χ0v) is 10.9. The fraction of sp³-hybridized carbons (Fsp3) is 0.909. The average Bonchev–Trinajstić information content (AvgIpc) is 2.29.